The first kappa shape index (κ1) is 7.04. The van der Waals surface area contributed by atoms with Gasteiger partial charge >= 0.3 is 0 Å². The molecule has 0 bridgehead atoms. The van der Waals surface area contributed by atoms with Crippen LogP contribution in [0.2, 0.25) is 0 Å². The summed E-state index contributed by atoms with van der Waals surface area (Å²) < 4.78 is 0. The Morgan fingerprint density at radius 2 is 2.00 bits per heavy atom. The van der Waals surface area contributed by atoms with Crippen molar-refractivity contribution >= 4 is 11.8 Å². The summed E-state index contributed by atoms with van der Waals surface area (Å²) in [4.78, 5) is 1.02. The molecule has 0 heterocycles. The van der Waals surface area contributed by atoms with Gasteiger partial charge < -0.3 is 5.11 Å². The van der Waals surface area contributed by atoms with Gasteiger partial charge in [-0.1, -0.05) is 12.1 Å². The number of aromatic hydroxyl groups is 1. The van der Waals surface area contributed by atoms with Crippen molar-refractivity contribution in [1.29, 1.82) is 0 Å². The molecule has 0 unspecified atom stereocenters. The van der Waals surface area contributed by atoms with Crippen LogP contribution in [0.4, 0.5) is 0 Å². The maximum atomic E-state index is 9.37. The monoisotopic (exact) mass is 166 g/mol. The van der Waals surface area contributed by atoms with Gasteiger partial charge in [0.2, 0.25) is 0 Å². The summed E-state index contributed by atoms with van der Waals surface area (Å²) in [6.45, 7) is 0. The zero-order valence-electron chi connectivity index (χ0n) is 6.16. The molecule has 2 rings (SSSR count). The average Bonchev–Trinajstić information content (AvgIpc) is 2.78. The summed E-state index contributed by atoms with van der Waals surface area (Å²) in [5.74, 6) is 0.421. The van der Waals surface area contributed by atoms with Crippen LogP contribution in [0.1, 0.15) is 12.8 Å². The lowest BCUT2D eigenvalue weighted by Gasteiger charge is -2.00. The van der Waals surface area contributed by atoms with Crippen LogP contribution in [0.5, 0.6) is 5.75 Å². The maximum absolute atomic E-state index is 9.37. The second kappa shape index (κ2) is 2.78. The van der Waals surface area contributed by atoms with Crippen LogP contribution in [0.3, 0.4) is 0 Å². The van der Waals surface area contributed by atoms with Gasteiger partial charge in [-0.2, -0.15) is 0 Å². The Kier molecular flexibility index (Phi) is 1.78. The molecule has 0 spiro atoms. The third-order valence-electron chi connectivity index (χ3n) is 1.68. The smallest absolute Gasteiger partial charge is 0.129 e. The first-order valence-electron chi connectivity index (χ1n) is 3.81. The Hall–Kier alpha value is -0.630. The Morgan fingerprint density at radius 1 is 1.27 bits per heavy atom. The zero-order valence-corrected chi connectivity index (χ0v) is 6.97. The molecule has 2 heteroatoms. The van der Waals surface area contributed by atoms with Crippen molar-refractivity contribution in [2.75, 3.05) is 0 Å². The molecule has 1 aromatic rings. The van der Waals surface area contributed by atoms with Crippen molar-refractivity contribution in [1.82, 2.24) is 0 Å². The third kappa shape index (κ3) is 1.69. The van der Waals surface area contributed by atoms with Crippen LogP contribution >= 0.6 is 11.8 Å². The second-order valence-corrected chi connectivity index (χ2v) is 4.13. The Morgan fingerprint density at radius 3 is 2.64 bits per heavy atom. The van der Waals surface area contributed by atoms with E-state index < -0.39 is 0 Å². The number of hydrogen-bond acceptors (Lipinski definition) is 2. The molecule has 0 atom stereocenters. The van der Waals surface area contributed by atoms with E-state index in [0.717, 1.165) is 10.1 Å². The molecule has 1 aliphatic rings. The predicted molar refractivity (Wildman–Crippen MR) is 47.0 cm³/mol. The van der Waals surface area contributed by atoms with Crippen LogP contribution in [0, 0.1) is 0 Å². The van der Waals surface area contributed by atoms with Gasteiger partial charge in [0, 0.05) is 10.1 Å². The minimum atomic E-state index is 0.421. The molecule has 1 aromatic carbocycles. The highest BCUT2D eigenvalue weighted by atomic mass is 32.2. The van der Waals surface area contributed by atoms with E-state index in [4.69, 9.17) is 0 Å². The van der Waals surface area contributed by atoms with Gasteiger partial charge in [-0.15, -0.1) is 11.8 Å². The molecule has 1 aliphatic carbocycles. The predicted octanol–water partition coefficient (Wildman–Crippen LogP) is 2.65. The molecule has 0 saturated heterocycles. The van der Waals surface area contributed by atoms with Crippen molar-refractivity contribution < 1.29 is 5.11 Å². The lowest BCUT2D eigenvalue weighted by atomic mass is 10.3. The van der Waals surface area contributed by atoms with Gasteiger partial charge in [0.05, 0.1) is 0 Å². The molecular formula is C9H10OS. The largest absolute Gasteiger partial charge is 0.507 e. The van der Waals surface area contributed by atoms with E-state index in [0.29, 0.717) is 5.75 Å². The Bertz CT molecular complexity index is 255. The average molecular weight is 166 g/mol. The molecule has 11 heavy (non-hydrogen) atoms. The highest BCUT2D eigenvalue weighted by Gasteiger charge is 2.23. The molecule has 0 aromatic heterocycles. The number of phenolic OH excluding ortho intramolecular Hbond substituents is 1. The minimum Gasteiger partial charge on any atom is -0.507 e. The molecule has 1 nitrogen and oxygen atoms in total. The number of benzene rings is 1. The lowest BCUT2D eigenvalue weighted by molar-refractivity contribution is 0.462. The third-order valence-corrected chi connectivity index (χ3v) is 3.09. The summed E-state index contributed by atoms with van der Waals surface area (Å²) in [6.07, 6.45) is 2.61. The minimum absolute atomic E-state index is 0.421. The molecule has 0 radical (unpaired) electrons. The molecule has 58 valence electrons. The quantitative estimate of drug-likeness (QED) is 0.728. The highest BCUT2D eigenvalue weighted by Crippen LogP contribution is 2.42. The summed E-state index contributed by atoms with van der Waals surface area (Å²) >= 11 is 1.79. The van der Waals surface area contributed by atoms with Crippen LogP contribution < -0.4 is 0 Å². The van der Waals surface area contributed by atoms with E-state index in [9.17, 15) is 5.11 Å². The van der Waals surface area contributed by atoms with Gasteiger partial charge in [0.1, 0.15) is 5.75 Å². The normalized spacial score (nSPS) is 16.7. The lowest BCUT2D eigenvalue weighted by Crippen LogP contribution is -1.75. The van der Waals surface area contributed by atoms with Gasteiger partial charge in [-0.05, 0) is 25.0 Å². The number of thioether (sulfide) groups is 1. The van der Waals surface area contributed by atoms with Gasteiger partial charge in [0.15, 0.2) is 0 Å². The van der Waals surface area contributed by atoms with Crippen molar-refractivity contribution in [3.63, 3.8) is 0 Å². The number of hydrogen-bond donors (Lipinski definition) is 1. The van der Waals surface area contributed by atoms with Crippen LogP contribution in [0.15, 0.2) is 29.2 Å². The molecule has 0 aliphatic heterocycles. The van der Waals surface area contributed by atoms with Crippen LogP contribution in [0.25, 0.3) is 0 Å². The maximum Gasteiger partial charge on any atom is 0.129 e. The van der Waals surface area contributed by atoms with Gasteiger partial charge in [-0.25, -0.2) is 0 Å². The standard InChI is InChI=1S/C9H10OS/c10-8-3-1-2-4-9(8)11-7-5-6-7/h1-4,7,10H,5-6H2. The van der Waals surface area contributed by atoms with Crippen molar-refractivity contribution in [3.8, 4) is 5.75 Å². The number of para-hydroxylation sites is 1. The zero-order chi connectivity index (χ0) is 7.68. The molecular weight excluding hydrogens is 156 g/mol. The first-order valence-corrected chi connectivity index (χ1v) is 4.69. The van der Waals surface area contributed by atoms with Gasteiger partial charge in [-0.3, -0.25) is 0 Å². The molecule has 1 saturated carbocycles. The molecule has 0 amide bonds. The highest BCUT2D eigenvalue weighted by molar-refractivity contribution is 8.00. The van der Waals surface area contributed by atoms with Crippen molar-refractivity contribution in [2.24, 2.45) is 0 Å². The van der Waals surface area contributed by atoms with Crippen LogP contribution in [-0.4, -0.2) is 10.4 Å². The van der Waals surface area contributed by atoms with Crippen LogP contribution in [-0.2, 0) is 0 Å². The molecule has 1 N–H and O–H groups in total. The van der Waals surface area contributed by atoms with E-state index in [1.165, 1.54) is 12.8 Å². The van der Waals surface area contributed by atoms with E-state index in [2.05, 4.69) is 0 Å². The Labute approximate surface area is 70.4 Å². The Balaban J connectivity index is 2.15. The summed E-state index contributed by atoms with van der Waals surface area (Å²) in [7, 11) is 0. The van der Waals surface area contributed by atoms with E-state index in [-0.39, 0.29) is 0 Å². The summed E-state index contributed by atoms with van der Waals surface area (Å²) in [6, 6.07) is 7.53. The first-order chi connectivity index (χ1) is 5.36. The van der Waals surface area contributed by atoms with E-state index >= 15 is 0 Å². The van der Waals surface area contributed by atoms with Gasteiger partial charge in [0.25, 0.3) is 0 Å². The van der Waals surface area contributed by atoms with E-state index in [1.807, 2.05) is 18.2 Å². The SMILES string of the molecule is Oc1ccccc1SC1CC1. The van der Waals surface area contributed by atoms with E-state index in [1.54, 1.807) is 17.8 Å². The number of rotatable bonds is 2. The number of phenols is 1. The second-order valence-electron chi connectivity index (χ2n) is 2.78. The molecule has 1 fully saturated rings. The fourth-order valence-corrected chi connectivity index (χ4v) is 2.00. The van der Waals surface area contributed by atoms with Crippen molar-refractivity contribution in [3.05, 3.63) is 24.3 Å². The summed E-state index contributed by atoms with van der Waals surface area (Å²) in [5, 5.41) is 10.1. The van der Waals surface area contributed by atoms with Crippen molar-refractivity contribution in [2.45, 2.75) is 23.0 Å². The fourth-order valence-electron chi connectivity index (χ4n) is 0.922. The topological polar surface area (TPSA) is 20.2 Å². The summed E-state index contributed by atoms with van der Waals surface area (Å²) in [5.41, 5.74) is 0. The fraction of sp³-hybridized carbons (Fsp3) is 0.333.